The molecule has 1 aliphatic carbocycles. The summed E-state index contributed by atoms with van der Waals surface area (Å²) in [6, 6.07) is 0. The normalized spacial score (nSPS) is 25.9. The molecule has 0 bridgehead atoms. The van der Waals surface area contributed by atoms with Crippen molar-refractivity contribution in [2.45, 2.75) is 60.3 Å². The minimum Gasteiger partial charge on any atom is -0.270 e. The molecule has 4 heteroatoms. The topological polar surface area (TPSA) is 43.4 Å². The molecule has 1 aliphatic rings. The molecule has 1 fully saturated rings. The predicted octanol–water partition coefficient (Wildman–Crippen LogP) is 3.60. The Labute approximate surface area is 112 Å². The average Bonchev–Trinajstić information content (AvgIpc) is 1.91. The molecule has 0 aromatic rings. The van der Waals surface area contributed by atoms with Gasteiger partial charge in [-0.05, 0) is 41.9 Å². The van der Waals surface area contributed by atoms with Gasteiger partial charge in [0, 0.05) is 0 Å². The van der Waals surface area contributed by atoms with Gasteiger partial charge in [0.15, 0.2) is 0 Å². The van der Waals surface area contributed by atoms with Crippen molar-refractivity contribution in [1.29, 1.82) is 0 Å². The lowest BCUT2D eigenvalue weighted by molar-refractivity contribution is -0.00251. The van der Waals surface area contributed by atoms with Crippen molar-refractivity contribution in [2.24, 2.45) is 16.2 Å². The molecule has 0 aliphatic heterocycles. The zero-order valence-electron chi connectivity index (χ0n) is 12.7. The Balaban J connectivity index is 2.67. The lowest BCUT2D eigenvalue weighted by Gasteiger charge is -2.50. The van der Waals surface area contributed by atoms with Crippen molar-refractivity contribution >= 4 is 10.1 Å². The average molecular weight is 276 g/mol. The van der Waals surface area contributed by atoms with Gasteiger partial charge in [-0.2, -0.15) is 8.42 Å². The highest BCUT2D eigenvalue weighted by Gasteiger charge is 2.44. The maximum absolute atomic E-state index is 11.0. The van der Waals surface area contributed by atoms with Crippen LogP contribution in [0.5, 0.6) is 0 Å². The van der Waals surface area contributed by atoms with Crippen LogP contribution in [0.15, 0.2) is 0 Å². The van der Waals surface area contributed by atoms with E-state index in [9.17, 15) is 8.42 Å². The van der Waals surface area contributed by atoms with Gasteiger partial charge in [-0.15, -0.1) is 0 Å². The summed E-state index contributed by atoms with van der Waals surface area (Å²) < 4.78 is 26.9. The van der Waals surface area contributed by atoms with Gasteiger partial charge in [0.05, 0.1) is 12.9 Å². The van der Waals surface area contributed by atoms with Crippen molar-refractivity contribution in [1.82, 2.24) is 0 Å². The van der Waals surface area contributed by atoms with Gasteiger partial charge in [-0.25, -0.2) is 0 Å². The fraction of sp³-hybridized carbons (Fsp3) is 1.00. The molecule has 0 atom stereocenters. The first kappa shape index (κ1) is 16.0. The van der Waals surface area contributed by atoms with Crippen LogP contribution in [0.4, 0.5) is 0 Å². The third-order valence-electron chi connectivity index (χ3n) is 3.77. The molecule has 0 N–H and O–H groups in total. The largest absolute Gasteiger partial charge is 0.270 e. The third kappa shape index (κ3) is 5.27. The van der Waals surface area contributed by atoms with Gasteiger partial charge in [0.1, 0.15) is 0 Å². The van der Waals surface area contributed by atoms with Crippen molar-refractivity contribution in [3.8, 4) is 0 Å². The zero-order valence-corrected chi connectivity index (χ0v) is 13.5. The van der Waals surface area contributed by atoms with Crippen molar-refractivity contribution in [2.75, 3.05) is 12.9 Å². The molecule has 0 aromatic heterocycles. The minimum atomic E-state index is -3.31. The summed E-state index contributed by atoms with van der Waals surface area (Å²) in [5, 5.41) is 0. The molecular formula is C14H28O3S. The highest BCUT2D eigenvalue weighted by atomic mass is 32.2. The van der Waals surface area contributed by atoms with E-state index in [0.717, 1.165) is 25.5 Å². The summed E-state index contributed by atoms with van der Waals surface area (Å²) in [7, 11) is -3.31. The van der Waals surface area contributed by atoms with E-state index >= 15 is 0 Å². The summed E-state index contributed by atoms with van der Waals surface area (Å²) >= 11 is 0. The van der Waals surface area contributed by atoms with E-state index < -0.39 is 10.1 Å². The van der Waals surface area contributed by atoms with Crippen LogP contribution in [-0.4, -0.2) is 21.3 Å². The molecule has 0 unspecified atom stereocenters. The van der Waals surface area contributed by atoms with Crippen LogP contribution in [-0.2, 0) is 14.3 Å². The smallest absolute Gasteiger partial charge is 0.264 e. The van der Waals surface area contributed by atoms with Crippen LogP contribution < -0.4 is 0 Å². The third-order valence-corrected chi connectivity index (χ3v) is 4.37. The van der Waals surface area contributed by atoms with Crippen molar-refractivity contribution in [3.63, 3.8) is 0 Å². The monoisotopic (exact) mass is 276 g/mol. The van der Waals surface area contributed by atoms with E-state index in [2.05, 4.69) is 34.6 Å². The Bertz CT molecular complexity index is 377. The number of hydrogen-bond donors (Lipinski definition) is 0. The van der Waals surface area contributed by atoms with Gasteiger partial charge in [0.2, 0.25) is 0 Å². The lowest BCUT2D eigenvalue weighted by atomic mass is 9.55. The molecule has 0 aromatic carbocycles. The minimum absolute atomic E-state index is 0.177. The lowest BCUT2D eigenvalue weighted by Crippen LogP contribution is -2.40. The van der Waals surface area contributed by atoms with E-state index in [0.29, 0.717) is 17.4 Å². The fourth-order valence-electron chi connectivity index (χ4n) is 4.41. The van der Waals surface area contributed by atoms with Crippen LogP contribution >= 0.6 is 0 Å². The Morgan fingerprint density at radius 2 is 1.39 bits per heavy atom. The SMILES string of the molecule is CC1(C)CC(C)(C)CC(C)(CCOS(C)(=O)=O)C1. The second-order valence-electron chi connectivity index (χ2n) is 7.95. The maximum atomic E-state index is 11.0. The molecule has 18 heavy (non-hydrogen) atoms. The first-order chi connectivity index (χ1) is 7.83. The van der Waals surface area contributed by atoms with Gasteiger partial charge in [-0.3, -0.25) is 4.18 Å². The predicted molar refractivity (Wildman–Crippen MR) is 74.9 cm³/mol. The number of hydrogen-bond acceptors (Lipinski definition) is 3. The van der Waals surface area contributed by atoms with Gasteiger partial charge < -0.3 is 0 Å². The van der Waals surface area contributed by atoms with E-state index in [-0.39, 0.29) is 5.41 Å². The molecule has 0 heterocycles. The molecule has 1 rings (SSSR count). The molecule has 0 amide bonds. The molecule has 0 saturated heterocycles. The summed E-state index contributed by atoms with van der Waals surface area (Å²) in [6.45, 7) is 11.8. The summed E-state index contributed by atoms with van der Waals surface area (Å²) in [6.07, 6.45) is 5.42. The van der Waals surface area contributed by atoms with Crippen molar-refractivity contribution < 1.29 is 12.6 Å². The van der Waals surface area contributed by atoms with Crippen LogP contribution in [0.1, 0.15) is 60.3 Å². The standard InChI is InChI=1S/C14H28O3S/c1-12(2)9-13(3,4)11-14(5,10-12)7-8-17-18(6,15)16/h7-11H2,1-6H3. The van der Waals surface area contributed by atoms with E-state index in [1.54, 1.807) is 0 Å². The molecular weight excluding hydrogens is 248 g/mol. The zero-order chi connectivity index (χ0) is 14.2. The second-order valence-corrected chi connectivity index (χ2v) is 9.59. The fourth-order valence-corrected chi connectivity index (χ4v) is 4.80. The maximum Gasteiger partial charge on any atom is 0.264 e. The van der Waals surface area contributed by atoms with Crippen LogP contribution in [0.2, 0.25) is 0 Å². The Morgan fingerprint density at radius 1 is 0.944 bits per heavy atom. The molecule has 3 nitrogen and oxygen atoms in total. The van der Waals surface area contributed by atoms with Gasteiger partial charge in [-0.1, -0.05) is 34.6 Å². The molecule has 108 valence electrons. The number of rotatable bonds is 4. The van der Waals surface area contributed by atoms with E-state index in [1.807, 2.05) is 0 Å². The van der Waals surface area contributed by atoms with Crippen LogP contribution in [0.3, 0.4) is 0 Å². The van der Waals surface area contributed by atoms with Crippen LogP contribution in [0.25, 0.3) is 0 Å². The van der Waals surface area contributed by atoms with Gasteiger partial charge in [0.25, 0.3) is 10.1 Å². The highest BCUT2D eigenvalue weighted by molar-refractivity contribution is 7.85. The Morgan fingerprint density at radius 3 is 1.78 bits per heavy atom. The summed E-state index contributed by atoms with van der Waals surface area (Å²) in [5.41, 5.74) is 0.819. The first-order valence-corrected chi connectivity index (χ1v) is 8.49. The van der Waals surface area contributed by atoms with E-state index in [4.69, 9.17) is 4.18 Å². The van der Waals surface area contributed by atoms with Gasteiger partial charge >= 0.3 is 0 Å². The second kappa shape index (κ2) is 4.78. The highest BCUT2D eigenvalue weighted by Crippen LogP contribution is 2.55. The van der Waals surface area contributed by atoms with Crippen molar-refractivity contribution in [3.05, 3.63) is 0 Å². The quantitative estimate of drug-likeness (QED) is 0.737. The summed E-state index contributed by atoms with van der Waals surface area (Å²) in [4.78, 5) is 0. The Hall–Kier alpha value is -0.0900. The van der Waals surface area contributed by atoms with E-state index in [1.165, 1.54) is 6.42 Å². The van der Waals surface area contributed by atoms with Crippen LogP contribution in [0, 0.1) is 16.2 Å². The molecule has 1 saturated carbocycles. The molecule has 0 radical (unpaired) electrons. The molecule has 0 spiro atoms. The Kier molecular flexibility index (Phi) is 4.24. The first-order valence-electron chi connectivity index (χ1n) is 6.67. The summed E-state index contributed by atoms with van der Waals surface area (Å²) in [5.74, 6) is 0.